The van der Waals surface area contributed by atoms with Gasteiger partial charge in [0.05, 0.1) is 0 Å². The summed E-state index contributed by atoms with van der Waals surface area (Å²) >= 11 is 3.50. The Kier molecular flexibility index (Phi) is 9.20. The van der Waals surface area contributed by atoms with Crippen LogP contribution in [0.1, 0.15) is 31.7 Å². The summed E-state index contributed by atoms with van der Waals surface area (Å²) in [5.74, 6) is 0.703. The Morgan fingerprint density at radius 2 is 1.88 bits per heavy atom. The molecule has 0 heterocycles. The molecule has 1 aliphatic rings. The van der Waals surface area contributed by atoms with Gasteiger partial charge in [-0.3, -0.25) is 4.79 Å². The number of halogens is 2. The van der Waals surface area contributed by atoms with Crippen LogP contribution >= 0.6 is 39.9 Å². The Morgan fingerprint density at radius 3 is 2.36 bits per heavy atom. The molecule has 0 aliphatic heterocycles. The minimum atomic E-state index is -0.00142. The maximum absolute atomic E-state index is 11.7. The van der Waals surface area contributed by atoms with Crippen LogP contribution in [0.2, 0.25) is 0 Å². The van der Waals surface area contributed by atoms with E-state index in [2.05, 4.69) is 55.8 Å². The van der Waals surface area contributed by atoms with Crippen LogP contribution in [0.5, 0.6) is 0 Å². The second-order valence-corrected chi connectivity index (χ2v) is 7.39. The van der Waals surface area contributed by atoms with E-state index in [4.69, 9.17) is 0 Å². The molecule has 1 fully saturated rings. The van der Waals surface area contributed by atoms with Gasteiger partial charge in [-0.05, 0) is 37.5 Å². The molecule has 2 N–H and O–H groups in total. The smallest absolute Gasteiger partial charge is 0.243 e. The van der Waals surface area contributed by atoms with Crippen molar-refractivity contribution in [1.82, 2.24) is 15.5 Å². The van der Waals surface area contributed by atoms with Gasteiger partial charge in [0.15, 0.2) is 5.96 Å². The van der Waals surface area contributed by atoms with E-state index in [1.165, 1.54) is 24.8 Å². The van der Waals surface area contributed by atoms with Gasteiger partial charge in [0.25, 0.3) is 0 Å². The normalized spacial score (nSPS) is 15.6. The highest BCUT2D eigenvalue weighted by molar-refractivity contribution is 14.0. The second kappa shape index (κ2) is 10.4. The van der Waals surface area contributed by atoms with E-state index in [0.29, 0.717) is 5.96 Å². The molecular weight excluding hydrogens is 495 g/mol. The Labute approximate surface area is 176 Å². The van der Waals surface area contributed by atoms with Crippen LogP contribution in [0.3, 0.4) is 0 Å². The zero-order valence-corrected chi connectivity index (χ0v) is 19.1. The zero-order valence-electron chi connectivity index (χ0n) is 15.1. The maximum Gasteiger partial charge on any atom is 0.243 e. The van der Waals surface area contributed by atoms with Gasteiger partial charge < -0.3 is 15.5 Å². The quantitative estimate of drug-likeness (QED) is 0.343. The van der Waals surface area contributed by atoms with E-state index in [1.807, 2.05) is 6.92 Å². The number of aliphatic imine (C=N–C) groups is 1. The number of carbonyl (C=O) groups excluding carboxylic acids is 1. The van der Waals surface area contributed by atoms with Gasteiger partial charge in [0.1, 0.15) is 6.54 Å². The third-order valence-electron chi connectivity index (χ3n) is 4.58. The van der Waals surface area contributed by atoms with Crippen molar-refractivity contribution in [1.29, 1.82) is 0 Å². The molecule has 140 valence electrons. The van der Waals surface area contributed by atoms with E-state index >= 15 is 0 Å². The molecule has 1 saturated carbocycles. The van der Waals surface area contributed by atoms with Crippen LogP contribution < -0.4 is 10.6 Å². The number of carbonyl (C=O) groups is 1. The van der Waals surface area contributed by atoms with Crippen molar-refractivity contribution in [2.75, 3.05) is 33.7 Å². The first-order valence-electron chi connectivity index (χ1n) is 8.45. The van der Waals surface area contributed by atoms with E-state index in [0.717, 1.165) is 17.6 Å². The van der Waals surface area contributed by atoms with Crippen LogP contribution in [-0.4, -0.2) is 50.5 Å². The molecule has 0 saturated heterocycles. The SMILES string of the molecule is CCNC(=NCC(=O)N(C)C)NCC1(c2ccc(Br)cc2)CCC1.I. The molecule has 7 heteroatoms. The number of amides is 1. The molecule has 0 radical (unpaired) electrons. The monoisotopic (exact) mass is 522 g/mol. The van der Waals surface area contributed by atoms with E-state index in [1.54, 1.807) is 19.0 Å². The molecule has 5 nitrogen and oxygen atoms in total. The van der Waals surface area contributed by atoms with Crippen molar-refractivity contribution in [3.8, 4) is 0 Å². The van der Waals surface area contributed by atoms with Crippen LogP contribution in [0.25, 0.3) is 0 Å². The Balaban J connectivity index is 0.00000312. The molecule has 1 amide bonds. The lowest BCUT2D eigenvalue weighted by molar-refractivity contribution is -0.127. The van der Waals surface area contributed by atoms with Crippen molar-refractivity contribution >= 4 is 51.8 Å². The number of hydrogen-bond acceptors (Lipinski definition) is 2. The second-order valence-electron chi connectivity index (χ2n) is 6.48. The van der Waals surface area contributed by atoms with Crippen molar-refractivity contribution < 1.29 is 4.79 Å². The largest absolute Gasteiger partial charge is 0.357 e. The Hall–Kier alpha value is -0.830. The minimum absolute atomic E-state index is 0. The summed E-state index contributed by atoms with van der Waals surface area (Å²) in [5, 5.41) is 6.65. The average molecular weight is 523 g/mol. The van der Waals surface area contributed by atoms with Gasteiger partial charge in [-0.15, -0.1) is 24.0 Å². The Bertz CT molecular complexity index is 585. The van der Waals surface area contributed by atoms with E-state index in [9.17, 15) is 4.79 Å². The van der Waals surface area contributed by atoms with Crippen molar-refractivity contribution in [2.24, 2.45) is 4.99 Å². The van der Waals surface area contributed by atoms with Crippen LogP contribution in [0.15, 0.2) is 33.7 Å². The number of nitrogens with one attached hydrogen (secondary N) is 2. The number of benzene rings is 1. The molecule has 1 aromatic rings. The van der Waals surface area contributed by atoms with E-state index in [-0.39, 0.29) is 41.8 Å². The summed E-state index contributed by atoms with van der Waals surface area (Å²) in [6.45, 7) is 3.79. The van der Waals surface area contributed by atoms with E-state index < -0.39 is 0 Å². The molecule has 0 unspecified atom stereocenters. The molecule has 0 aromatic heterocycles. The first kappa shape index (κ1) is 22.2. The van der Waals surface area contributed by atoms with Crippen LogP contribution in [0.4, 0.5) is 0 Å². The van der Waals surface area contributed by atoms with Gasteiger partial charge in [-0.1, -0.05) is 34.5 Å². The van der Waals surface area contributed by atoms with Gasteiger partial charge in [0.2, 0.25) is 5.91 Å². The molecule has 1 aromatic carbocycles. The molecule has 0 bridgehead atoms. The zero-order chi connectivity index (χ0) is 17.6. The number of rotatable bonds is 6. The van der Waals surface area contributed by atoms with Gasteiger partial charge >= 0.3 is 0 Å². The molecule has 0 spiro atoms. The highest BCUT2D eigenvalue weighted by Gasteiger charge is 2.38. The predicted molar refractivity (Wildman–Crippen MR) is 118 cm³/mol. The summed E-state index contributed by atoms with van der Waals surface area (Å²) in [7, 11) is 3.49. The fourth-order valence-electron chi connectivity index (χ4n) is 2.86. The number of nitrogens with zero attached hydrogens (tertiary/aromatic N) is 2. The molecule has 0 atom stereocenters. The summed E-state index contributed by atoms with van der Waals surface area (Å²) in [6, 6.07) is 8.60. The number of likely N-dealkylation sites (N-methyl/N-ethyl adjacent to an activating group) is 1. The van der Waals surface area contributed by atoms with Gasteiger partial charge in [0, 0.05) is 37.1 Å². The van der Waals surface area contributed by atoms with Crippen LogP contribution in [-0.2, 0) is 10.2 Å². The Morgan fingerprint density at radius 1 is 1.24 bits per heavy atom. The maximum atomic E-state index is 11.7. The molecule has 2 rings (SSSR count). The third kappa shape index (κ3) is 6.13. The van der Waals surface area contributed by atoms with Gasteiger partial charge in [-0.25, -0.2) is 4.99 Å². The summed E-state index contributed by atoms with van der Waals surface area (Å²) in [4.78, 5) is 17.7. The summed E-state index contributed by atoms with van der Waals surface area (Å²) in [6.07, 6.45) is 3.61. The fraction of sp³-hybridized carbons (Fsp3) is 0.556. The van der Waals surface area contributed by atoms with Crippen LogP contribution in [0, 0.1) is 0 Å². The van der Waals surface area contributed by atoms with Crippen molar-refractivity contribution in [3.05, 3.63) is 34.3 Å². The topological polar surface area (TPSA) is 56.7 Å². The lowest BCUT2D eigenvalue weighted by atomic mass is 9.64. The third-order valence-corrected chi connectivity index (χ3v) is 5.11. The highest BCUT2D eigenvalue weighted by atomic mass is 127. The standard InChI is InChI=1S/C18H27BrN4O.HI/c1-4-20-17(21-12-16(24)23(2)3)22-13-18(10-5-11-18)14-6-8-15(19)9-7-14;/h6-9H,4-5,10-13H2,1-3H3,(H2,20,21,22);1H. The predicted octanol–water partition coefficient (Wildman–Crippen LogP) is 3.13. The average Bonchev–Trinajstić information content (AvgIpc) is 2.52. The molecule has 25 heavy (non-hydrogen) atoms. The highest BCUT2D eigenvalue weighted by Crippen LogP contribution is 2.43. The first-order valence-corrected chi connectivity index (χ1v) is 9.24. The van der Waals surface area contributed by atoms with Gasteiger partial charge in [-0.2, -0.15) is 0 Å². The fourth-order valence-corrected chi connectivity index (χ4v) is 3.12. The summed E-state index contributed by atoms with van der Waals surface area (Å²) < 4.78 is 1.10. The summed E-state index contributed by atoms with van der Waals surface area (Å²) in [5.41, 5.74) is 1.53. The lowest BCUT2D eigenvalue weighted by Crippen LogP contribution is -2.49. The number of guanidine groups is 1. The first-order chi connectivity index (χ1) is 11.5. The van der Waals surface area contributed by atoms with Crippen molar-refractivity contribution in [3.63, 3.8) is 0 Å². The number of hydrogen-bond donors (Lipinski definition) is 2. The molecular formula is C18H28BrIN4O. The lowest BCUT2D eigenvalue weighted by Gasteiger charge is -2.43. The minimum Gasteiger partial charge on any atom is -0.357 e. The molecule has 1 aliphatic carbocycles. The van der Waals surface area contributed by atoms with Crippen molar-refractivity contribution in [2.45, 2.75) is 31.6 Å².